The van der Waals surface area contributed by atoms with Gasteiger partial charge in [0.25, 0.3) is 0 Å². The molecule has 0 unspecified atom stereocenters. The summed E-state index contributed by atoms with van der Waals surface area (Å²) in [5.41, 5.74) is 2.72. The Balaban J connectivity index is 1.38. The zero-order valence-electron chi connectivity index (χ0n) is 17.5. The molecule has 1 aromatic carbocycles. The number of fused-ring (bicyclic) bond motifs is 1. The van der Waals surface area contributed by atoms with E-state index in [9.17, 15) is 4.79 Å². The number of pyridine rings is 1. The van der Waals surface area contributed by atoms with Gasteiger partial charge in [0.15, 0.2) is 0 Å². The molecule has 1 fully saturated rings. The topological polar surface area (TPSA) is 80.2 Å². The van der Waals surface area contributed by atoms with E-state index in [0.29, 0.717) is 13.2 Å². The molecule has 3 aromatic rings. The third-order valence-corrected chi connectivity index (χ3v) is 5.48. The number of ether oxygens (including phenoxy) is 1. The maximum absolute atomic E-state index is 12.5. The Morgan fingerprint density at radius 1 is 1.20 bits per heavy atom. The minimum atomic E-state index is 0.0141. The number of nitrogens with zero attached hydrogens (tertiary/aromatic N) is 4. The highest BCUT2D eigenvalue weighted by molar-refractivity contribution is 5.83. The smallest absolute Gasteiger partial charge is 0.226 e. The molecule has 2 aromatic heterocycles. The molecule has 7 heteroatoms. The Kier molecular flexibility index (Phi) is 6.07. The summed E-state index contributed by atoms with van der Waals surface area (Å²) in [4.78, 5) is 28.4. The van der Waals surface area contributed by atoms with Crippen LogP contribution in [-0.4, -0.2) is 40.6 Å². The van der Waals surface area contributed by atoms with Crippen LogP contribution in [0.15, 0.2) is 42.6 Å². The molecule has 0 saturated carbocycles. The van der Waals surface area contributed by atoms with Crippen LogP contribution >= 0.6 is 0 Å². The lowest BCUT2D eigenvalue weighted by molar-refractivity contribution is -0.125. The van der Waals surface area contributed by atoms with Gasteiger partial charge in [-0.2, -0.15) is 0 Å². The Morgan fingerprint density at radius 3 is 2.77 bits per heavy atom. The van der Waals surface area contributed by atoms with Crippen molar-refractivity contribution in [2.24, 2.45) is 5.92 Å². The molecule has 7 nitrogen and oxygen atoms in total. The molecule has 0 radical (unpaired) electrons. The average molecular weight is 406 g/mol. The van der Waals surface area contributed by atoms with Gasteiger partial charge in [0.2, 0.25) is 11.9 Å². The fourth-order valence-electron chi connectivity index (χ4n) is 3.81. The van der Waals surface area contributed by atoms with E-state index in [1.165, 1.54) is 0 Å². The molecular formula is C23H27N5O2. The van der Waals surface area contributed by atoms with E-state index in [2.05, 4.69) is 15.2 Å². The number of hydrogen-bond donors (Lipinski definition) is 1. The van der Waals surface area contributed by atoms with Crippen molar-refractivity contribution in [3.63, 3.8) is 0 Å². The molecule has 156 valence electrons. The summed E-state index contributed by atoms with van der Waals surface area (Å²) in [6.45, 7) is 6.61. The van der Waals surface area contributed by atoms with Crippen LogP contribution in [0.5, 0.6) is 5.75 Å². The van der Waals surface area contributed by atoms with Crippen molar-refractivity contribution in [2.75, 3.05) is 24.6 Å². The van der Waals surface area contributed by atoms with Gasteiger partial charge < -0.3 is 15.0 Å². The van der Waals surface area contributed by atoms with Gasteiger partial charge in [-0.3, -0.25) is 9.78 Å². The lowest BCUT2D eigenvalue weighted by atomic mass is 9.96. The van der Waals surface area contributed by atoms with Gasteiger partial charge >= 0.3 is 0 Å². The summed E-state index contributed by atoms with van der Waals surface area (Å²) in [5, 5.41) is 4.02. The van der Waals surface area contributed by atoms with Crippen LogP contribution < -0.4 is 15.0 Å². The van der Waals surface area contributed by atoms with E-state index >= 15 is 0 Å². The summed E-state index contributed by atoms with van der Waals surface area (Å²) < 4.78 is 5.59. The number of piperidine rings is 1. The normalized spacial score (nSPS) is 14.7. The summed E-state index contributed by atoms with van der Waals surface area (Å²) in [6.07, 6.45) is 3.32. The molecule has 1 aliphatic rings. The second kappa shape index (κ2) is 9.07. The van der Waals surface area contributed by atoms with Crippen molar-refractivity contribution in [1.29, 1.82) is 0 Å². The van der Waals surface area contributed by atoms with Gasteiger partial charge in [-0.25, -0.2) is 9.97 Å². The van der Waals surface area contributed by atoms with Crippen LogP contribution in [-0.2, 0) is 11.3 Å². The fourth-order valence-corrected chi connectivity index (χ4v) is 3.81. The van der Waals surface area contributed by atoms with E-state index in [4.69, 9.17) is 14.7 Å². The van der Waals surface area contributed by atoms with Gasteiger partial charge in [0.05, 0.1) is 30.1 Å². The first-order chi connectivity index (χ1) is 14.6. The largest absolute Gasteiger partial charge is 0.494 e. The molecule has 1 N–H and O–H groups in total. The number of hydrogen-bond acceptors (Lipinski definition) is 6. The molecule has 30 heavy (non-hydrogen) atoms. The van der Waals surface area contributed by atoms with Crippen LogP contribution in [0.25, 0.3) is 10.9 Å². The number of aryl methyl sites for hydroxylation is 1. The molecule has 1 amide bonds. The zero-order valence-corrected chi connectivity index (χ0v) is 17.5. The standard InChI is InChI=1S/C23H27N5O2/c1-3-30-19-7-8-21-20(14-19)16(2)26-23(27-21)28-12-9-17(10-13-28)22(29)25-15-18-6-4-5-11-24-18/h4-8,11,14,17H,3,9-10,12-13,15H2,1-2H3,(H,25,29). The van der Waals surface area contributed by atoms with Crippen molar-refractivity contribution < 1.29 is 9.53 Å². The molecule has 0 aliphatic carbocycles. The fraction of sp³-hybridized carbons (Fsp3) is 0.391. The molecule has 0 bridgehead atoms. The number of amides is 1. The minimum absolute atomic E-state index is 0.0141. The Labute approximate surface area is 176 Å². The third kappa shape index (κ3) is 4.50. The van der Waals surface area contributed by atoms with Crippen LogP contribution in [0.4, 0.5) is 5.95 Å². The van der Waals surface area contributed by atoms with Crippen LogP contribution in [0.2, 0.25) is 0 Å². The molecule has 1 aliphatic heterocycles. The van der Waals surface area contributed by atoms with Crippen molar-refractivity contribution in [2.45, 2.75) is 33.2 Å². The number of nitrogens with one attached hydrogen (secondary N) is 1. The van der Waals surface area contributed by atoms with Crippen LogP contribution in [0.1, 0.15) is 31.2 Å². The summed E-state index contributed by atoms with van der Waals surface area (Å²) in [6, 6.07) is 11.6. The van der Waals surface area contributed by atoms with Gasteiger partial charge in [0, 0.05) is 30.6 Å². The lowest BCUT2D eigenvalue weighted by Crippen LogP contribution is -2.41. The number of aromatic nitrogens is 3. The van der Waals surface area contributed by atoms with E-state index in [1.54, 1.807) is 6.20 Å². The zero-order chi connectivity index (χ0) is 20.9. The number of benzene rings is 1. The molecule has 3 heterocycles. The van der Waals surface area contributed by atoms with Crippen LogP contribution in [0, 0.1) is 12.8 Å². The first-order valence-electron chi connectivity index (χ1n) is 10.5. The first-order valence-corrected chi connectivity index (χ1v) is 10.5. The summed E-state index contributed by atoms with van der Waals surface area (Å²) >= 11 is 0. The third-order valence-electron chi connectivity index (χ3n) is 5.48. The van der Waals surface area contributed by atoms with E-state index < -0.39 is 0 Å². The second-order valence-electron chi connectivity index (χ2n) is 7.52. The van der Waals surface area contributed by atoms with Crippen molar-refractivity contribution >= 4 is 22.8 Å². The maximum Gasteiger partial charge on any atom is 0.226 e. The van der Waals surface area contributed by atoms with Crippen molar-refractivity contribution in [3.05, 3.63) is 54.0 Å². The van der Waals surface area contributed by atoms with Gasteiger partial charge in [-0.15, -0.1) is 0 Å². The first kappa shape index (κ1) is 20.1. The average Bonchev–Trinajstić information content (AvgIpc) is 2.79. The highest BCUT2D eigenvalue weighted by atomic mass is 16.5. The van der Waals surface area contributed by atoms with Crippen LogP contribution in [0.3, 0.4) is 0 Å². The number of anilines is 1. The van der Waals surface area contributed by atoms with E-state index in [-0.39, 0.29) is 11.8 Å². The van der Waals surface area contributed by atoms with E-state index in [0.717, 1.165) is 59.9 Å². The number of rotatable bonds is 6. The SMILES string of the molecule is CCOc1ccc2nc(N3CCC(C(=O)NCc4ccccn4)CC3)nc(C)c2c1. The molecule has 0 spiro atoms. The number of carbonyl (C=O) groups is 1. The van der Waals surface area contributed by atoms with E-state index in [1.807, 2.05) is 50.2 Å². The van der Waals surface area contributed by atoms with Crippen molar-refractivity contribution in [3.8, 4) is 5.75 Å². The maximum atomic E-state index is 12.5. The Bertz CT molecular complexity index is 1020. The minimum Gasteiger partial charge on any atom is -0.494 e. The number of carbonyl (C=O) groups excluding carboxylic acids is 1. The molecule has 0 atom stereocenters. The monoisotopic (exact) mass is 405 g/mol. The summed E-state index contributed by atoms with van der Waals surface area (Å²) in [7, 11) is 0. The lowest BCUT2D eigenvalue weighted by Gasteiger charge is -2.31. The van der Waals surface area contributed by atoms with Gasteiger partial charge in [-0.1, -0.05) is 6.07 Å². The second-order valence-corrected chi connectivity index (χ2v) is 7.52. The highest BCUT2D eigenvalue weighted by Gasteiger charge is 2.26. The Hall–Kier alpha value is -3.22. The Morgan fingerprint density at radius 2 is 2.03 bits per heavy atom. The quantitative estimate of drug-likeness (QED) is 0.678. The predicted molar refractivity (Wildman–Crippen MR) is 116 cm³/mol. The molecule has 4 rings (SSSR count). The van der Waals surface area contributed by atoms with Gasteiger partial charge in [0.1, 0.15) is 5.75 Å². The molecular weight excluding hydrogens is 378 g/mol. The predicted octanol–water partition coefficient (Wildman–Crippen LogP) is 3.26. The van der Waals surface area contributed by atoms with Gasteiger partial charge in [-0.05, 0) is 57.0 Å². The highest BCUT2D eigenvalue weighted by Crippen LogP contribution is 2.26. The van der Waals surface area contributed by atoms with Crippen molar-refractivity contribution in [1.82, 2.24) is 20.3 Å². The molecule has 1 saturated heterocycles. The summed E-state index contributed by atoms with van der Waals surface area (Å²) in [5.74, 6) is 1.68.